The molecule has 0 amide bonds. The van der Waals surface area contributed by atoms with Crippen molar-refractivity contribution >= 4 is 45.4 Å². The summed E-state index contributed by atoms with van der Waals surface area (Å²) in [7, 11) is 0. The van der Waals surface area contributed by atoms with Crippen molar-refractivity contribution in [3.8, 4) is 17.0 Å². The van der Waals surface area contributed by atoms with E-state index in [-0.39, 0.29) is 5.75 Å². The molecule has 3 nitrogen and oxygen atoms in total. The second-order valence-corrected chi connectivity index (χ2v) is 6.04. The summed E-state index contributed by atoms with van der Waals surface area (Å²) in [5.41, 5.74) is 2.50. The fourth-order valence-electron chi connectivity index (χ4n) is 1.82. The van der Waals surface area contributed by atoms with Gasteiger partial charge in [0.15, 0.2) is 5.13 Å². The lowest BCUT2D eigenvalue weighted by molar-refractivity contribution is 0.475. The summed E-state index contributed by atoms with van der Waals surface area (Å²) in [6, 6.07) is 12.1. The molecule has 0 saturated heterocycles. The van der Waals surface area contributed by atoms with E-state index in [1.807, 2.05) is 11.4 Å². The minimum absolute atomic E-state index is 0.230. The van der Waals surface area contributed by atoms with Crippen LogP contribution < -0.4 is 5.32 Å². The van der Waals surface area contributed by atoms with Gasteiger partial charge in [0.05, 0.1) is 10.7 Å². The van der Waals surface area contributed by atoms with Gasteiger partial charge in [-0.25, -0.2) is 4.98 Å². The number of aromatic nitrogens is 1. The van der Waals surface area contributed by atoms with Gasteiger partial charge in [-0.05, 0) is 42.5 Å². The fraction of sp³-hybridized carbons (Fsp3) is 0. The zero-order chi connectivity index (χ0) is 14.8. The third kappa shape index (κ3) is 3.29. The number of benzene rings is 2. The van der Waals surface area contributed by atoms with Gasteiger partial charge in [-0.2, -0.15) is 0 Å². The highest BCUT2D eigenvalue weighted by atomic mass is 35.5. The second-order valence-electron chi connectivity index (χ2n) is 4.33. The quantitative estimate of drug-likeness (QED) is 0.615. The number of phenolic OH excluding ortho intramolecular Hbond substituents is 1. The number of hydrogen-bond donors (Lipinski definition) is 2. The molecule has 2 N–H and O–H groups in total. The Kier molecular flexibility index (Phi) is 4.01. The normalized spacial score (nSPS) is 10.6. The molecule has 1 aromatic heterocycles. The number of nitrogens with zero attached hydrogens (tertiary/aromatic N) is 1. The third-order valence-electron chi connectivity index (χ3n) is 2.83. The summed E-state index contributed by atoms with van der Waals surface area (Å²) in [4.78, 5) is 4.51. The number of halogens is 2. The number of thiazole rings is 1. The first-order valence-electron chi connectivity index (χ1n) is 6.09. The maximum atomic E-state index is 9.26. The van der Waals surface area contributed by atoms with Crippen LogP contribution in [-0.2, 0) is 0 Å². The molecule has 0 atom stereocenters. The van der Waals surface area contributed by atoms with Crippen LogP contribution in [0.3, 0.4) is 0 Å². The van der Waals surface area contributed by atoms with Crippen molar-refractivity contribution < 1.29 is 5.11 Å². The Balaban J connectivity index is 1.84. The number of nitrogens with one attached hydrogen (secondary N) is 1. The van der Waals surface area contributed by atoms with Crippen molar-refractivity contribution in [3.63, 3.8) is 0 Å². The summed E-state index contributed by atoms with van der Waals surface area (Å²) >= 11 is 13.6. The Bertz CT molecular complexity index is 772. The minimum Gasteiger partial charge on any atom is -0.508 e. The van der Waals surface area contributed by atoms with Crippen molar-refractivity contribution in [2.45, 2.75) is 0 Å². The Morgan fingerprint density at radius 2 is 1.81 bits per heavy atom. The number of aromatic hydroxyl groups is 1. The lowest BCUT2D eigenvalue weighted by Crippen LogP contribution is -1.89. The van der Waals surface area contributed by atoms with Crippen LogP contribution >= 0.6 is 34.5 Å². The van der Waals surface area contributed by atoms with Crippen LogP contribution in [-0.4, -0.2) is 10.1 Å². The molecule has 1 heterocycles. The number of hydrogen-bond acceptors (Lipinski definition) is 4. The SMILES string of the molecule is Oc1ccc(Nc2nc(-c3ccc(Cl)cc3Cl)cs2)cc1. The van der Waals surface area contributed by atoms with Gasteiger partial charge in [0, 0.05) is 21.7 Å². The van der Waals surface area contributed by atoms with Gasteiger partial charge in [0.2, 0.25) is 0 Å². The van der Waals surface area contributed by atoms with E-state index in [9.17, 15) is 5.11 Å². The lowest BCUT2D eigenvalue weighted by atomic mass is 10.2. The Hall–Kier alpha value is -1.75. The number of anilines is 2. The molecular formula is C15H10Cl2N2OS. The van der Waals surface area contributed by atoms with Gasteiger partial charge >= 0.3 is 0 Å². The predicted molar refractivity (Wildman–Crippen MR) is 89.0 cm³/mol. The average molecular weight is 337 g/mol. The molecule has 0 spiro atoms. The first-order chi connectivity index (χ1) is 10.1. The van der Waals surface area contributed by atoms with Gasteiger partial charge in [-0.3, -0.25) is 0 Å². The molecule has 0 aliphatic heterocycles. The van der Waals surface area contributed by atoms with E-state index in [1.54, 1.807) is 36.4 Å². The van der Waals surface area contributed by atoms with Gasteiger partial charge in [0.25, 0.3) is 0 Å². The van der Waals surface area contributed by atoms with Crippen molar-refractivity contribution in [1.82, 2.24) is 4.98 Å². The number of phenols is 1. The van der Waals surface area contributed by atoms with Gasteiger partial charge in [-0.1, -0.05) is 23.2 Å². The molecule has 2 aromatic carbocycles. The Labute approximate surface area is 135 Å². The molecule has 0 aliphatic rings. The standard InChI is InChI=1S/C15H10Cl2N2OS/c16-9-1-6-12(13(17)7-9)14-8-21-15(19-14)18-10-2-4-11(20)5-3-10/h1-8,20H,(H,18,19). The molecule has 0 aliphatic carbocycles. The third-order valence-corrected chi connectivity index (χ3v) is 4.14. The molecule has 0 radical (unpaired) electrons. The smallest absolute Gasteiger partial charge is 0.187 e. The highest BCUT2D eigenvalue weighted by Crippen LogP contribution is 2.33. The topological polar surface area (TPSA) is 45.1 Å². The van der Waals surface area contributed by atoms with E-state index < -0.39 is 0 Å². The summed E-state index contributed by atoms with van der Waals surface area (Å²) in [5, 5.41) is 16.3. The van der Waals surface area contributed by atoms with E-state index >= 15 is 0 Å². The fourth-order valence-corrected chi connectivity index (χ4v) is 3.06. The van der Waals surface area contributed by atoms with Gasteiger partial charge < -0.3 is 10.4 Å². The van der Waals surface area contributed by atoms with Crippen molar-refractivity contribution in [2.24, 2.45) is 0 Å². The van der Waals surface area contributed by atoms with E-state index in [0.29, 0.717) is 10.0 Å². The molecule has 3 aromatic rings. The molecule has 0 unspecified atom stereocenters. The highest BCUT2D eigenvalue weighted by molar-refractivity contribution is 7.14. The summed E-state index contributed by atoms with van der Waals surface area (Å²) in [5.74, 6) is 0.230. The zero-order valence-electron chi connectivity index (χ0n) is 10.7. The maximum Gasteiger partial charge on any atom is 0.187 e. The van der Waals surface area contributed by atoms with Crippen molar-refractivity contribution in [1.29, 1.82) is 0 Å². The van der Waals surface area contributed by atoms with E-state index in [4.69, 9.17) is 23.2 Å². The summed E-state index contributed by atoms with van der Waals surface area (Å²) < 4.78 is 0. The monoisotopic (exact) mass is 336 g/mol. The maximum absolute atomic E-state index is 9.26. The Morgan fingerprint density at radius 3 is 2.52 bits per heavy atom. The minimum atomic E-state index is 0.230. The highest BCUT2D eigenvalue weighted by Gasteiger charge is 2.09. The van der Waals surface area contributed by atoms with Crippen molar-refractivity contribution in [2.75, 3.05) is 5.32 Å². The summed E-state index contributed by atoms with van der Waals surface area (Å²) in [6.07, 6.45) is 0. The van der Waals surface area contributed by atoms with E-state index in [1.165, 1.54) is 11.3 Å². The van der Waals surface area contributed by atoms with Crippen molar-refractivity contribution in [3.05, 3.63) is 57.9 Å². The van der Waals surface area contributed by atoms with Crippen LogP contribution in [0.15, 0.2) is 47.8 Å². The van der Waals surface area contributed by atoms with Crippen LogP contribution in [0.2, 0.25) is 10.0 Å². The largest absolute Gasteiger partial charge is 0.508 e. The van der Waals surface area contributed by atoms with Crippen LogP contribution in [0.4, 0.5) is 10.8 Å². The van der Waals surface area contributed by atoms with Crippen LogP contribution in [0.5, 0.6) is 5.75 Å². The molecule has 106 valence electrons. The Morgan fingerprint density at radius 1 is 1.05 bits per heavy atom. The van der Waals surface area contributed by atoms with Gasteiger partial charge in [-0.15, -0.1) is 11.3 Å². The van der Waals surface area contributed by atoms with Crippen LogP contribution in [0.1, 0.15) is 0 Å². The van der Waals surface area contributed by atoms with E-state index in [0.717, 1.165) is 22.1 Å². The molecule has 3 rings (SSSR count). The summed E-state index contributed by atoms with van der Waals surface area (Å²) in [6.45, 7) is 0. The molecule has 6 heteroatoms. The predicted octanol–water partition coefficient (Wildman–Crippen LogP) is 5.57. The molecule has 0 bridgehead atoms. The molecular weight excluding hydrogens is 327 g/mol. The molecule has 0 saturated carbocycles. The van der Waals surface area contributed by atoms with Crippen LogP contribution in [0.25, 0.3) is 11.3 Å². The van der Waals surface area contributed by atoms with E-state index in [2.05, 4.69) is 10.3 Å². The number of rotatable bonds is 3. The lowest BCUT2D eigenvalue weighted by Gasteiger charge is -2.03. The molecule has 21 heavy (non-hydrogen) atoms. The average Bonchev–Trinajstić information content (AvgIpc) is 2.90. The first-order valence-corrected chi connectivity index (χ1v) is 7.72. The van der Waals surface area contributed by atoms with Crippen LogP contribution in [0, 0.1) is 0 Å². The zero-order valence-corrected chi connectivity index (χ0v) is 13.0. The molecule has 0 fully saturated rings. The van der Waals surface area contributed by atoms with Gasteiger partial charge in [0.1, 0.15) is 5.75 Å². The second kappa shape index (κ2) is 5.93. The first kappa shape index (κ1) is 14.2.